The highest BCUT2D eigenvalue weighted by molar-refractivity contribution is 7.99. The van der Waals surface area contributed by atoms with Crippen molar-refractivity contribution in [3.63, 3.8) is 0 Å². The first-order valence-corrected chi connectivity index (χ1v) is 10.3. The minimum Gasteiger partial charge on any atom is -0.382 e. The van der Waals surface area contributed by atoms with Gasteiger partial charge in [0.05, 0.1) is 0 Å². The maximum absolute atomic E-state index is 12.8. The van der Waals surface area contributed by atoms with Crippen molar-refractivity contribution in [2.45, 2.75) is 16.8 Å². The number of anilines is 2. The summed E-state index contributed by atoms with van der Waals surface area (Å²) < 4.78 is 1.52. The van der Waals surface area contributed by atoms with Crippen LogP contribution in [-0.4, -0.2) is 20.7 Å². The summed E-state index contributed by atoms with van der Waals surface area (Å²) >= 11 is 7.37. The molecule has 0 radical (unpaired) electrons. The molecule has 0 saturated carbocycles. The van der Waals surface area contributed by atoms with Crippen LogP contribution in [0.25, 0.3) is 5.82 Å². The summed E-state index contributed by atoms with van der Waals surface area (Å²) in [6, 6.07) is 20.1. The first-order chi connectivity index (χ1) is 14.5. The van der Waals surface area contributed by atoms with E-state index >= 15 is 0 Å². The zero-order valence-electron chi connectivity index (χ0n) is 16.0. The number of nitrogen functional groups attached to an aromatic ring is 1. The molecule has 0 unspecified atom stereocenters. The first kappa shape index (κ1) is 20.0. The van der Waals surface area contributed by atoms with Crippen LogP contribution in [0, 0.1) is 6.92 Å². The molecule has 0 fully saturated rings. The Labute approximate surface area is 183 Å². The summed E-state index contributed by atoms with van der Waals surface area (Å²) in [6.07, 6.45) is 1.66. The summed E-state index contributed by atoms with van der Waals surface area (Å²) in [5.74, 6) is 0.592. The van der Waals surface area contributed by atoms with Gasteiger partial charge in [0.15, 0.2) is 11.6 Å². The number of nitrogens with zero attached hydrogens (tertiary/aromatic N) is 3. The molecule has 0 atom stereocenters. The van der Waals surface area contributed by atoms with Crippen LogP contribution in [0.2, 0.25) is 5.02 Å². The van der Waals surface area contributed by atoms with Gasteiger partial charge in [-0.15, -0.1) is 0 Å². The fraction of sp³-hybridized carbons (Fsp3) is 0.0455. The molecule has 0 aliphatic heterocycles. The summed E-state index contributed by atoms with van der Waals surface area (Å²) in [5.41, 5.74) is 8.42. The fourth-order valence-corrected chi connectivity index (χ4v) is 3.76. The molecule has 1 amide bonds. The van der Waals surface area contributed by atoms with E-state index in [-0.39, 0.29) is 5.91 Å². The van der Waals surface area contributed by atoms with Gasteiger partial charge in [-0.25, -0.2) is 4.98 Å². The highest BCUT2D eigenvalue weighted by atomic mass is 35.5. The van der Waals surface area contributed by atoms with Gasteiger partial charge in [-0.2, -0.15) is 9.78 Å². The van der Waals surface area contributed by atoms with Gasteiger partial charge in [0.1, 0.15) is 10.7 Å². The molecule has 2 heterocycles. The van der Waals surface area contributed by atoms with Crippen LogP contribution >= 0.6 is 23.4 Å². The second-order valence-corrected chi connectivity index (χ2v) is 8.04. The van der Waals surface area contributed by atoms with Gasteiger partial charge in [-0.3, -0.25) is 4.79 Å². The van der Waals surface area contributed by atoms with Crippen molar-refractivity contribution < 1.29 is 4.79 Å². The predicted molar refractivity (Wildman–Crippen MR) is 120 cm³/mol. The van der Waals surface area contributed by atoms with Gasteiger partial charge in [0.25, 0.3) is 5.91 Å². The smallest absolute Gasteiger partial charge is 0.255 e. The average Bonchev–Trinajstić information content (AvgIpc) is 3.06. The van der Waals surface area contributed by atoms with E-state index in [4.69, 9.17) is 17.3 Å². The highest BCUT2D eigenvalue weighted by Gasteiger charge is 2.21. The van der Waals surface area contributed by atoms with Gasteiger partial charge in [0.2, 0.25) is 0 Å². The van der Waals surface area contributed by atoms with E-state index in [1.54, 1.807) is 36.5 Å². The lowest BCUT2D eigenvalue weighted by atomic mass is 10.1. The van der Waals surface area contributed by atoms with Crippen molar-refractivity contribution >= 4 is 40.8 Å². The van der Waals surface area contributed by atoms with Crippen molar-refractivity contribution in [3.8, 4) is 5.82 Å². The quantitative estimate of drug-likeness (QED) is 0.449. The molecule has 8 heteroatoms. The molecule has 0 aliphatic rings. The number of amides is 1. The molecule has 6 nitrogen and oxygen atoms in total. The molecule has 30 heavy (non-hydrogen) atoms. The molecule has 4 aromatic rings. The number of hydrogen-bond acceptors (Lipinski definition) is 5. The molecule has 0 saturated heterocycles. The van der Waals surface area contributed by atoms with Gasteiger partial charge in [-0.05, 0) is 55.5 Å². The SMILES string of the molecule is Cc1ccc(C(=O)Nc2c(Sc3ccc(Cl)cc3)nn(-c3ccccn3)c2N)cc1. The maximum Gasteiger partial charge on any atom is 0.255 e. The van der Waals surface area contributed by atoms with E-state index in [0.29, 0.717) is 32.9 Å². The standard InChI is InChI=1S/C22H18ClN5OS/c1-14-5-7-15(8-6-14)21(29)26-19-20(24)28(18-4-2-3-13-25-18)27-22(19)30-17-11-9-16(23)10-12-17/h2-13H,24H2,1H3,(H,26,29). The Morgan fingerprint density at radius 1 is 1.07 bits per heavy atom. The Morgan fingerprint density at radius 3 is 2.47 bits per heavy atom. The van der Waals surface area contributed by atoms with E-state index in [9.17, 15) is 4.79 Å². The van der Waals surface area contributed by atoms with Gasteiger partial charge in [-0.1, -0.05) is 47.1 Å². The van der Waals surface area contributed by atoms with Crippen molar-refractivity contribution in [2.75, 3.05) is 11.1 Å². The number of nitrogens with two attached hydrogens (primary N) is 1. The molecule has 0 aliphatic carbocycles. The molecule has 150 valence electrons. The predicted octanol–water partition coefficient (Wildman–Crippen LogP) is 5.21. The molecular formula is C22H18ClN5OS. The third-order valence-corrected chi connectivity index (χ3v) is 5.57. The van der Waals surface area contributed by atoms with E-state index in [2.05, 4.69) is 15.4 Å². The Bertz CT molecular complexity index is 1170. The van der Waals surface area contributed by atoms with Crippen molar-refractivity contribution in [1.29, 1.82) is 0 Å². The number of rotatable bonds is 5. The van der Waals surface area contributed by atoms with E-state index in [1.807, 2.05) is 43.3 Å². The van der Waals surface area contributed by atoms with Crippen molar-refractivity contribution in [1.82, 2.24) is 14.8 Å². The third kappa shape index (κ3) is 4.32. The van der Waals surface area contributed by atoms with E-state index in [1.165, 1.54) is 16.4 Å². The molecule has 0 bridgehead atoms. The second-order valence-electron chi connectivity index (χ2n) is 6.54. The lowest BCUT2D eigenvalue weighted by Crippen LogP contribution is -2.13. The number of carbonyl (C=O) groups excluding carboxylic acids is 1. The van der Waals surface area contributed by atoms with Crippen LogP contribution in [0.3, 0.4) is 0 Å². The molecule has 4 rings (SSSR count). The lowest BCUT2D eigenvalue weighted by Gasteiger charge is -2.07. The molecule has 3 N–H and O–H groups in total. The van der Waals surface area contributed by atoms with Crippen LogP contribution in [-0.2, 0) is 0 Å². The number of benzene rings is 2. The minimum atomic E-state index is -0.264. The number of aryl methyl sites for hydroxylation is 1. The zero-order chi connectivity index (χ0) is 21.1. The zero-order valence-corrected chi connectivity index (χ0v) is 17.6. The largest absolute Gasteiger partial charge is 0.382 e. The monoisotopic (exact) mass is 435 g/mol. The Balaban J connectivity index is 1.72. The maximum atomic E-state index is 12.8. The fourth-order valence-electron chi connectivity index (χ4n) is 2.76. The van der Waals surface area contributed by atoms with Crippen LogP contribution in [0.5, 0.6) is 0 Å². The van der Waals surface area contributed by atoms with Gasteiger partial charge in [0, 0.05) is 21.7 Å². The van der Waals surface area contributed by atoms with Crippen LogP contribution in [0.15, 0.2) is 82.8 Å². The van der Waals surface area contributed by atoms with Crippen LogP contribution in [0.1, 0.15) is 15.9 Å². The second kappa shape index (κ2) is 8.61. The van der Waals surface area contributed by atoms with Crippen LogP contribution in [0.4, 0.5) is 11.5 Å². The lowest BCUT2D eigenvalue weighted by molar-refractivity contribution is 0.102. The average molecular weight is 436 g/mol. The minimum absolute atomic E-state index is 0.264. The summed E-state index contributed by atoms with van der Waals surface area (Å²) in [5, 5.41) is 8.72. The molecule has 2 aromatic carbocycles. The summed E-state index contributed by atoms with van der Waals surface area (Å²) in [6.45, 7) is 1.97. The Hall–Kier alpha value is -3.29. The summed E-state index contributed by atoms with van der Waals surface area (Å²) in [4.78, 5) is 18.1. The van der Waals surface area contributed by atoms with Crippen molar-refractivity contribution in [2.24, 2.45) is 0 Å². The van der Waals surface area contributed by atoms with Gasteiger partial charge < -0.3 is 11.1 Å². The van der Waals surface area contributed by atoms with Crippen molar-refractivity contribution in [3.05, 3.63) is 89.1 Å². The topological polar surface area (TPSA) is 85.8 Å². The number of nitrogens with one attached hydrogen (secondary N) is 1. The third-order valence-electron chi connectivity index (χ3n) is 4.34. The number of carbonyl (C=O) groups is 1. The Kier molecular flexibility index (Phi) is 5.74. The van der Waals surface area contributed by atoms with Gasteiger partial charge >= 0.3 is 0 Å². The number of hydrogen-bond donors (Lipinski definition) is 2. The summed E-state index contributed by atoms with van der Waals surface area (Å²) in [7, 11) is 0. The number of halogens is 1. The number of pyridine rings is 1. The van der Waals surface area contributed by atoms with E-state index in [0.717, 1.165) is 10.5 Å². The van der Waals surface area contributed by atoms with Crippen LogP contribution < -0.4 is 11.1 Å². The highest BCUT2D eigenvalue weighted by Crippen LogP contribution is 2.37. The first-order valence-electron chi connectivity index (χ1n) is 9.12. The molecule has 0 spiro atoms. The number of aromatic nitrogens is 3. The molecular weight excluding hydrogens is 418 g/mol. The van der Waals surface area contributed by atoms with E-state index < -0.39 is 0 Å². The molecule has 2 aromatic heterocycles. The normalized spacial score (nSPS) is 10.7. The Morgan fingerprint density at radius 2 is 1.80 bits per heavy atom.